The van der Waals surface area contributed by atoms with Gasteiger partial charge in [0, 0.05) is 6.42 Å². The summed E-state index contributed by atoms with van der Waals surface area (Å²) in [7, 11) is 0. The van der Waals surface area contributed by atoms with Gasteiger partial charge in [-0.05, 0) is 15.9 Å². The van der Waals surface area contributed by atoms with Crippen LogP contribution in [0, 0.1) is 0 Å². The highest BCUT2D eigenvalue weighted by Gasteiger charge is 2.04. The van der Waals surface area contributed by atoms with Crippen LogP contribution in [0.5, 0.6) is 5.06 Å². The topological polar surface area (TPSA) is 39.2 Å². The van der Waals surface area contributed by atoms with Crippen LogP contribution in [0.3, 0.4) is 0 Å². The van der Waals surface area contributed by atoms with Crippen molar-refractivity contribution in [3.63, 3.8) is 0 Å². The van der Waals surface area contributed by atoms with Gasteiger partial charge in [-0.2, -0.15) is 0 Å². The van der Waals surface area contributed by atoms with E-state index in [1.54, 1.807) is 6.92 Å². The molecule has 0 radical (unpaired) electrons. The number of esters is 1. The molecule has 0 saturated carbocycles. The van der Waals surface area contributed by atoms with E-state index in [9.17, 15) is 4.79 Å². The Morgan fingerprint density at radius 2 is 2.64 bits per heavy atom. The lowest BCUT2D eigenvalue weighted by molar-refractivity contribution is -0.133. The molecule has 1 heterocycles. The van der Waals surface area contributed by atoms with Gasteiger partial charge < -0.3 is 4.74 Å². The highest BCUT2D eigenvalue weighted by molar-refractivity contribution is 9.11. The molecule has 0 aliphatic heterocycles. The van der Waals surface area contributed by atoms with Gasteiger partial charge in [0.2, 0.25) is 5.06 Å². The Morgan fingerprint density at radius 1 is 1.91 bits per heavy atom. The molecule has 0 aliphatic rings. The van der Waals surface area contributed by atoms with E-state index in [2.05, 4.69) is 20.9 Å². The maximum atomic E-state index is 10.7. The van der Waals surface area contributed by atoms with Crippen LogP contribution in [0.15, 0.2) is 10.1 Å². The molecule has 60 valence electrons. The van der Waals surface area contributed by atoms with Gasteiger partial charge in [-0.1, -0.05) is 18.3 Å². The second-order valence-electron chi connectivity index (χ2n) is 1.76. The number of ether oxygens (including phenoxy) is 1. The smallest absolute Gasteiger partial charge is 0.311 e. The number of aromatic nitrogens is 1. The van der Waals surface area contributed by atoms with Crippen molar-refractivity contribution >= 4 is 33.2 Å². The molecule has 11 heavy (non-hydrogen) atoms. The quantitative estimate of drug-likeness (QED) is 0.739. The van der Waals surface area contributed by atoms with E-state index in [1.165, 1.54) is 17.5 Å². The van der Waals surface area contributed by atoms with Crippen LogP contribution in [-0.2, 0) is 4.79 Å². The summed E-state index contributed by atoms with van der Waals surface area (Å²) < 4.78 is 5.59. The molecule has 3 nitrogen and oxygen atoms in total. The largest absolute Gasteiger partial charge is 0.414 e. The molecular weight excluding hydrogens is 230 g/mol. The van der Waals surface area contributed by atoms with Crippen molar-refractivity contribution in [1.82, 2.24) is 4.98 Å². The normalized spacial score (nSPS) is 9.64. The number of halogens is 1. The summed E-state index contributed by atoms with van der Waals surface area (Å²) in [5, 5.41) is 0.531. The molecule has 1 rings (SSSR count). The van der Waals surface area contributed by atoms with Crippen LogP contribution < -0.4 is 4.74 Å². The van der Waals surface area contributed by atoms with Crippen molar-refractivity contribution in [3.8, 4) is 5.06 Å². The SMILES string of the molecule is CCC(=O)Oc1cnc(Br)s1. The lowest BCUT2D eigenvalue weighted by atomic mass is 10.5. The zero-order valence-electron chi connectivity index (χ0n) is 5.83. The first-order valence-electron chi connectivity index (χ1n) is 3.04. The maximum Gasteiger partial charge on any atom is 0.311 e. The first-order valence-corrected chi connectivity index (χ1v) is 4.65. The highest BCUT2D eigenvalue weighted by atomic mass is 79.9. The molecule has 0 saturated heterocycles. The molecule has 0 atom stereocenters. The number of thiazole rings is 1. The van der Waals surface area contributed by atoms with Crippen molar-refractivity contribution in [2.24, 2.45) is 0 Å². The first-order chi connectivity index (χ1) is 5.22. The Morgan fingerprint density at radius 3 is 3.09 bits per heavy atom. The van der Waals surface area contributed by atoms with Crippen LogP contribution in [0.1, 0.15) is 13.3 Å². The van der Waals surface area contributed by atoms with Crippen molar-refractivity contribution in [1.29, 1.82) is 0 Å². The lowest BCUT2D eigenvalue weighted by Crippen LogP contribution is -2.03. The summed E-state index contributed by atoms with van der Waals surface area (Å²) >= 11 is 4.45. The molecule has 1 aromatic heterocycles. The zero-order valence-corrected chi connectivity index (χ0v) is 8.24. The summed E-state index contributed by atoms with van der Waals surface area (Å²) in [4.78, 5) is 14.6. The molecule has 0 spiro atoms. The molecule has 0 amide bonds. The second kappa shape index (κ2) is 3.82. The molecule has 0 aliphatic carbocycles. The predicted octanol–water partition coefficient (Wildman–Crippen LogP) is 2.22. The number of hydrogen-bond acceptors (Lipinski definition) is 4. The maximum absolute atomic E-state index is 10.7. The third kappa shape index (κ3) is 2.59. The van der Waals surface area contributed by atoms with Crippen LogP contribution in [0.4, 0.5) is 0 Å². The van der Waals surface area contributed by atoms with E-state index in [1.807, 2.05) is 0 Å². The van der Waals surface area contributed by atoms with Crippen LogP contribution >= 0.6 is 27.3 Å². The van der Waals surface area contributed by atoms with Gasteiger partial charge in [0.1, 0.15) is 0 Å². The van der Waals surface area contributed by atoms with Gasteiger partial charge in [0.25, 0.3) is 0 Å². The summed E-state index contributed by atoms with van der Waals surface area (Å²) in [5.41, 5.74) is 0. The highest BCUT2D eigenvalue weighted by Crippen LogP contribution is 2.25. The standard InChI is InChI=1S/C6H6BrNO2S/c1-2-4(9)10-5-3-8-6(7)11-5/h3H,2H2,1H3. The van der Waals surface area contributed by atoms with Gasteiger partial charge >= 0.3 is 5.97 Å². The minimum Gasteiger partial charge on any atom is -0.414 e. The fourth-order valence-corrected chi connectivity index (χ4v) is 1.56. The molecule has 0 aromatic carbocycles. The van der Waals surface area contributed by atoms with Gasteiger partial charge in [0.15, 0.2) is 3.92 Å². The van der Waals surface area contributed by atoms with Gasteiger partial charge in [0.05, 0.1) is 6.20 Å². The second-order valence-corrected chi connectivity index (χ2v) is 4.03. The van der Waals surface area contributed by atoms with Gasteiger partial charge in [-0.3, -0.25) is 4.79 Å². The fraction of sp³-hybridized carbons (Fsp3) is 0.333. The Bertz CT molecular complexity index is 261. The summed E-state index contributed by atoms with van der Waals surface area (Å²) in [6, 6.07) is 0. The average Bonchev–Trinajstić information content (AvgIpc) is 2.35. The molecule has 1 aromatic rings. The fourth-order valence-electron chi connectivity index (χ4n) is 0.471. The summed E-state index contributed by atoms with van der Waals surface area (Å²) in [6.45, 7) is 1.75. The predicted molar refractivity (Wildman–Crippen MR) is 45.7 cm³/mol. The Balaban J connectivity index is 2.57. The average molecular weight is 236 g/mol. The van der Waals surface area contributed by atoms with E-state index >= 15 is 0 Å². The number of carbonyl (C=O) groups excluding carboxylic acids is 1. The van der Waals surface area contributed by atoms with E-state index in [0.717, 1.165) is 3.92 Å². The minimum atomic E-state index is -0.235. The number of rotatable bonds is 2. The minimum absolute atomic E-state index is 0.235. The number of nitrogens with zero attached hydrogens (tertiary/aromatic N) is 1. The molecule has 0 fully saturated rings. The monoisotopic (exact) mass is 235 g/mol. The molecule has 0 bridgehead atoms. The van der Waals surface area contributed by atoms with Gasteiger partial charge in [-0.15, -0.1) is 0 Å². The number of carbonyl (C=O) groups is 1. The van der Waals surface area contributed by atoms with Crippen LogP contribution in [0.25, 0.3) is 0 Å². The van der Waals surface area contributed by atoms with Crippen LogP contribution in [-0.4, -0.2) is 11.0 Å². The number of hydrogen-bond donors (Lipinski definition) is 0. The van der Waals surface area contributed by atoms with Crippen molar-refractivity contribution in [2.45, 2.75) is 13.3 Å². The summed E-state index contributed by atoms with van der Waals surface area (Å²) in [5.74, 6) is -0.235. The van der Waals surface area contributed by atoms with E-state index in [-0.39, 0.29) is 5.97 Å². The van der Waals surface area contributed by atoms with E-state index < -0.39 is 0 Å². The Kier molecular flexibility index (Phi) is 3.02. The molecule has 0 N–H and O–H groups in total. The third-order valence-corrected chi connectivity index (χ3v) is 2.31. The van der Waals surface area contributed by atoms with Crippen molar-refractivity contribution < 1.29 is 9.53 Å². The van der Waals surface area contributed by atoms with E-state index in [4.69, 9.17) is 4.74 Å². The molecule has 5 heteroatoms. The lowest BCUT2D eigenvalue weighted by Gasteiger charge is -1.94. The van der Waals surface area contributed by atoms with E-state index in [0.29, 0.717) is 11.5 Å². The summed E-state index contributed by atoms with van der Waals surface area (Å²) in [6.07, 6.45) is 1.90. The third-order valence-electron chi connectivity index (χ3n) is 0.959. The zero-order chi connectivity index (χ0) is 8.27. The Hall–Kier alpha value is -0.420. The Labute approximate surface area is 76.5 Å². The molecular formula is C6H6BrNO2S. The van der Waals surface area contributed by atoms with Gasteiger partial charge in [-0.25, -0.2) is 4.98 Å². The molecule has 0 unspecified atom stereocenters. The van der Waals surface area contributed by atoms with Crippen molar-refractivity contribution in [3.05, 3.63) is 10.1 Å². The van der Waals surface area contributed by atoms with Crippen molar-refractivity contribution in [2.75, 3.05) is 0 Å². The van der Waals surface area contributed by atoms with Crippen LogP contribution in [0.2, 0.25) is 0 Å². The first kappa shape index (κ1) is 8.67.